The normalized spacial score (nSPS) is 12.8. The van der Waals surface area contributed by atoms with E-state index < -0.39 is 29.4 Å². The summed E-state index contributed by atoms with van der Waals surface area (Å²) < 4.78 is 11.9. The molecule has 0 aliphatic rings. The molecule has 0 saturated heterocycles. The van der Waals surface area contributed by atoms with Gasteiger partial charge in [0.1, 0.15) is 5.78 Å². The highest BCUT2D eigenvalue weighted by Gasteiger charge is 2.30. The Morgan fingerprint density at radius 1 is 1.11 bits per heavy atom. The quantitative estimate of drug-likeness (QED) is 0.175. The molecule has 0 saturated carbocycles. The summed E-state index contributed by atoms with van der Waals surface area (Å²) >= 11 is 0. The van der Waals surface area contributed by atoms with Gasteiger partial charge >= 0.3 is 18.7 Å². The Labute approximate surface area is 156 Å². The molecule has 0 aliphatic heterocycles. The molecule has 0 bridgehead atoms. The summed E-state index contributed by atoms with van der Waals surface area (Å²) in [7, 11) is -4.62. The Kier molecular flexibility index (Phi) is 5.25. The lowest BCUT2D eigenvalue weighted by Gasteiger charge is -2.20. The van der Waals surface area contributed by atoms with Crippen molar-refractivity contribution in [3.8, 4) is 0 Å². The number of benzene rings is 2. The van der Waals surface area contributed by atoms with E-state index in [4.69, 9.17) is 0 Å². The first-order chi connectivity index (χ1) is 13.2. The van der Waals surface area contributed by atoms with E-state index in [1.165, 1.54) is 12.1 Å². The predicted octanol–water partition coefficient (Wildman–Crippen LogP) is 1.09. The molecule has 1 heterocycles. The minimum absolute atomic E-state index is 0.0306. The minimum atomic E-state index is -4.62. The smallest absolute Gasteiger partial charge is 0.323 e. The van der Waals surface area contributed by atoms with Crippen LogP contribution in [-0.4, -0.2) is 24.7 Å². The first kappa shape index (κ1) is 19.6. The molecule has 1 aromatic heterocycles. The number of hydrogen-bond acceptors (Lipinski definition) is 6. The van der Waals surface area contributed by atoms with Crippen LogP contribution in [0.4, 0.5) is 5.69 Å². The van der Waals surface area contributed by atoms with Crippen molar-refractivity contribution >= 4 is 24.3 Å². The number of nitro benzene ring substituents is 1. The van der Waals surface area contributed by atoms with E-state index in [0.717, 1.165) is 12.1 Å². The van der Waals surface area contributed by atoms with Crippen LogP contribution in [0, 0.1) is 10.1 Å². The average Bonchev–Trinajstić information content (AvgIpc) is 2.62. The van der Waals surface area contributed by atoms with Crippen molar-refractivity contribution in [2.24, 2.45) is 0 Å². The fourth-order valence-corrected chi connectivity index (χ4v) is 3.69. The van der Waals surface area contributed by atoms with Crippen molar-refractivity contribution in [3.63, 3.8) is 0 Å². The molecule has 0 amide bonds. The molecule has 5 N–H and O–H groups in total. The molecule has 0 spiro atoms. The third-order valence-corrected chi connectivity index (χ3v) is 5.20. The molecule has 0 radical (unpaired) electrons. The van der Waals surface area contributed by atoms with Crippen LogP contribution in [0.5, 0.6) is 0 Å². The molecule has 3 rings (SSSR count). The van der Waals surface area contributed by atoms with Gasteiger partial charge in [-0.15, -0.1) is 0 Å². The molecule has 1 unspecified atom stereocenters. The predicted molar refractivity (Wildman–Crippen MR) is 99.9 cm³/mol. The number of aromatic nitrogens is 2. The van der Waals surface area contributed by atoms with Gasteiger partial charge in [-0.3, -0.25) is 29.6 Å². The van der Waals surface area contributed by atoms with Gasteiger partial charge in [-0.25, -0.2) is 0 Å². The molecule has 28 heavy (non-hydrogen) atoms. The molecular weight excluding hydrogens is 391 g/mol. The van der Waals surface area contributed by atoms with E-state index >= 15 is 0 Å². The third-order valence-electron chi connectivity index (χ3n) is 4.05. The molecule has 0 fully saturated rings. The summed E-state index contributed by atoms with van der Waals surface area (Å²) in [4.78, 5) is 57.6. The zero-order chi connectivity index (χ0) is 20.5. The Hall–Kier alpha value is -3.11. The van der Waals surface area contributed by atoms with Crippen LogP contribution in [0.3, 0.4) is 0 Å². The van der Waals surface area contributed by atoms with Crippen LogP contribution in [0.1, 0.15) is 16.9 Å². The summed E-state index contributed by atoms with van der Waals surface area (Å²) in [6.45, 7) is -0.217. The molecular formula is C16H15N4O7P. The minimum Gasteiger partial charge on any atom is -0.323 e. The number of hydrogen-bond donors (Lipinski definition) is 5. The Morgan fingerprint density at radius 2 is 1.75 bits per heavy atom. The second kappa shape index (κ2) is 7.49. The van der Waals surface area contributed by atoms with Crippen molar-refractivity contribution in [2.75, 3.05) is 0 Å². The summed E-state index contributed by atoms with van der Waals surface area (Å²) in [6.07, 6.45) is 0. The van der Waals surface area contributed by atoms with E-state index in [1.807, 2.05) is 0 Å². The zero-order valence-corrected chi connectivity index (χ0v) is 15.1. The van der Waals surface area contributed by atoms with Crippen LogP contribution in [-0.2, 0) is 11.1 Å². The van der Waals surface area contributed by atoms with Crippen molar-refractivity contribution in [3.05, 3.63) is 84.4 Å². The maximum absolute atomic E-state index is 11.9. The summed E-state index contributed by atoms with van der Waals surface area (Å²) in [5.74, 6) is -1.36. The standard InChI is InChI=1S/C16H15N4O7P/c21-14-15(22)19-13-10(6-11(20(23)24)7-12(13)18-14)8-17-16(28(25,26)27)9-4-2-1-3-5-9/h1-7,16-17H,8H2,(H,18,21)(H,19,22)(H2,25,26,27). The lowest BCUT2D eigenvalue weighted by molar-refractivity contribution is -0.384. The maximum Gasteiger partial charge on any atom is 0.346 e. The largest absolute Gasteiger partial charge is 0.346 e. The van der Waals surface area contributed by atoms with Gasteiger partial charge in [0.05, 0.1) is 16.0 Å². The number of nitro groups is 1. The number of nitrogens with one attached hydrogen (secondary N) is 3. The second-order valence-corrected chi connectivity index (χ2v) is 7.67. The fourth-order valence-electron chi connectivity index (χ4n) is 2.80. The van der Waals surface area contributed by atoms with Crippen molar-refractivity contribution in [1.82, 2.24) is 15.3 Å². The van der Waals surface area contributed by atoms with E-state index in [1.54, 1.807) is 18.2 Å². The summed E-state index contributed by atoms with van der Waals surface area (Å²) in [5.41, 5.74) is -1.59. The highest BCUT2D eigenvalue weighted by molar-refractivity contribution is 7.52. The van der Waals surface area contributed by atoms with Gasteiger partial charge in [-0.1, -0.05) is 30.3 Å². The molecule has 1 atom stereocenters. The lowest BCUT2D eigenvalue weighted by Crippen LogP contribution is -2.29. The zero-order valence-electron chi connectivity index (χ0n) is 14.2. The van der Waals surface area contributed by atoms with E-state index in [9.17, 15) is 34.1 Å². The average molecular weight is 406 g/mol. The molecule has 2 aromatic carbocycles. The summed E-state index contributed by atoms with van der Waals surface area (Å²) in [6, 6.07) is 10.2. The van der Waals surface area contributed by atoms with Crippen LogP contribution in [0.15, 0.2) is 52.1 Å². The van der Waals surface area contributed by atoms with Gasteiger partial charge in [0.2, 0.25) is 0 Å². The summed E-state index contributed by atoms with van der Waals surface area (Å²) in [5, 5.41) is 13.8. The third kappa shape index (κ3) is 4.07. The number of aromatic amines is 2. The molecule has 11 nitrogen and oxygen atoms in total. The Bertz CT molecular complexity index is 1200. The number of non-ortho nitro benzene ring substituents is 1. The molecule has 146 valence electrons. The van der Waals surface area contributed by atoms with Gasteiger partial charge in [-0.05, 0) is 11.1 Å². The van der Waals surface area contributed by atoms with Gasteiger partial charge < -0.3 is 19.8 Å². The number of nitrogens with zero attached hydrogens (tertiary/aromatic N) is 1. The van der Waals surface area contributed by atoms with Gasteiger partial charge in [0.15, 0.2) is 0 Å². The van der Waals surface area contributed by atoms with Gasteiger partial charge in [-0.2, -0.15) is 0 Å². The van der Waals surface area contributed by atoms with Crippen molar-refractivity contribution in [1.29, 1.82) is 0 Å². The van der Waals surface area contributed by atoms with Gasteiger partial charge in [0.25, 0.3) is 5.69 Å². The molecule has 12 heteroatoms. The second-order valence-electron chi connectivity index (χ2n) is 5.98. The van der Waals surface area contributed by atoms with E-state index in [0.29, 0.717) is 5.56 Å². The Balaban J connectivity index is 2.06. The topological polar surface area (TPSA) is 178 Å². The number of fused-ring (bicyclic) bond motifs is 1. The fraction of sp³-hybridized carbons (Fsp3) is 0.125. The number of H-pyrrole nitrogens is 2. The first-order valence-corrected chi connectivity index (χ1v) is 9.62. The van der Waals surface area contributed by atoms with Gasteiger partial charge in [0, 0.05) is 18.7 Å². The SMILES string of the molecule is O=c1[nH]c2cc([N+](=O)[O-])cc(CNC(c3ccccc3)P(=O)(O)O)c2[nH]c1=O. The van der Waals surface area contributed by atoms with Crippen LogP contribution in [0.25, 0.3) is 11.0 Å². The highest BCUT2D eigenvalue weighted by atomic mass is 31.2. The monoisotopic (exact) mass is 406 g/mol. The van der Waals surface area contributed by atoms with Crippen LogP contribution in [0.2, 0.25) is 0 Å². The maximum atomic E-state index is 11.9. The van der Waals surface area contributed by atoms with Crippen LogP contribution < -0.4 is 16.4 Å². The number of rotatable bonds is 6. The van der Waals surface area contributed by atoms with Crippen LogP contribution >= 0.6 is 7.60 Å². The molecule has 0 aliphatic carbocycles. The lowest BCUT2D eigenvalue weighted by atomic mass is 10.1. The van der Waals surface area contributed by atoms with Crippen molar-refractivity contribution in [2.45, 2.75) is 12.3 Å². The highest BCUT2D eigenvalue weighted by Crippen LogP contribution is 2.50. The van der Waals surface area contributed by atoms with Crippen molar-refractivity contribution < 1.29 is 19.3 Å². The molecule has 3 aromatic rings. The van der Waals surface area contributed by atoms with E-state index in [2.05, 4.69) is 15.3 Å². The Morgan fingerprint density at radius 3 is 2.36 bits per heavy atom. The van der Waals surface area contributed by atoms with E-state index in [-0.39, 0.29) is 28.8 Å². The first-order valence-electron chi connectivity index (χ1n) is 7.94.